The van der Waals surface area contributed by atoms with Gasteiger partial charge in [-0.1, -0.05) is 6.07 Å². The van der Waals surface area contributed by atoms with Gasteiger partial charge in [0.05, 0.1) is 17.3 Å². The zero-order valence-corrected chi connectivity index (χ0v) is 13.8. The molecule has 0 bridgehead atoms. The largest absolute Gasteiger partial charge is 0.339 e. The van der Waals surface area contributed by atoms with Gasteiger partial charge in [0, 0.05) is 26.7 Å². The predicted octanol–water partition coefficient (Wildman–Crippen LogP) is 1.01. The van der Waals surface area contributed by atoms with E-state index in [1.807, 2.05) is 0 Å². The summed E-state index contributed by atoms with van der Waals surface area (Å²) in [4.78, 5) is 19.9. The standard InChI is InChI=1S/C17H17N7O/c1-22(9-14-5-6-23(10-14)11-19)17(25)16-20-12-24(21-16)15-4-2-3-13(7-15)8-18/h2-4,7,12,14H,5-6,9-10H2,1H3/t14-/m1/s1. The molecule has 25 heavy (non-hydrogen) atoms. The van der Waals surface area contributed by atoms with Gasteiger partial charge < -0.3 is 9.80 Å². The second-order valence-corrected chi connectivity index (χ2v) is 6.06. The fraction of sp³-hybridized carbons (Fsp3) is 0.353. The molecule has 2 heterocycles. The molecule has 0 aliphatic carbocycles. The lowest BCUT2D eigenvalue weighted by molar-refractivity contribution is 0.0762. The Kier molecular flexibility index (Phi) is 4.62. The predicted molar refractivity (Wildman–Crippen MR) is 88.3 cm³/mol. The van der Waals surface area contributed by atoms with Gasteiger partial charge in [-0.2, -0.15) is 10.5 Å². The highest BCUT2D eigenvalue weighted by Gasteiger charge is 2.26. The lowest BCUT2D eigenvalue weighted by atomic mass is 10.1. The Hall–Kier alpha value is -3.39. The third-order valence-electron chi connectivity index (χ3n) is 4.23. The van der Waals surface area contributed by atoms with E-state index in [4.69, 9.17) is 10.5 Å². The molecule has 1 atom stereocenters. The van der Waals surface area contributed by atoms with Crippen LogP contribution in [0.1, 0.15) is 22.6 Å². The molecule has 1 aromatic heterocycles. The van der Waals surface area contributed by atoms with E-state index < -0.39 is 0 Å². The van der Waals surface area contributed by atoms with Crippen LogP contribution in [0.3, 0.4) is 0 Å². The van der Waals surface area contributed by atoms with Crippen molar-refractivity contribution in [3.05, 3.63) is 42.0 Å². The van der Waals surface area contributed by atoms with E-state index >= 15 is 0 Å². The van der Waals surface area contributed by atoms with Gasteiger partial charge in [0.2, 0.25) is 5.82 Å². The van der Waals surface area contributed by atoms with Gasteiger partial charge in [0.25, 0.3) is 5.91 Å². The molecule has 0 saturated carbocycles. The molecule has 0 spiro atoms. The van der Waals surface area contributed by atoms with Crippen LogP contribution in [0.25, 0.3) is 5.69 Å². The summed E-state index contributed by atoms with van der Waals surface area (Å²) in [6.45, 7) is 1.98. The number of likely N-dealkylation sites (tertiary alicyclic amines) is 1. The molecule has 1 amide bonds. The molecular formula is C17H17N7O. The average molecular weight is 335 g/mol. The van der Waals surface area contributed by atoms with Crippen molar-refractivity contribution < 1.29 is 4.79 Å². The third-order valence-corrected chi connectivity index (χ3v) is 4.23. The number of hydrogen-bond acceptors (Lipinski definition) is 6. The second-order valence-electron chi connectivity index (χ2n) is 6.06. The molecule has 8 nitrogen and oxygen atoms in total. The summed E-state index contributed by atoms with van der Waals surface area (Å²) < 4.78 is 1.48. The average Bonchev–Trinajstić information content (AvgIpc) is 3.30. The lowest BCUT2D eigenvalue weighted by Gasteiger charge is -2.19. The zero-order chi connectivity index (χ0) is 17.8. The van der Waals surface area contributed by atoms with Crippen molar-refractivity contribution in [2.45, 2.75) is 6.42 Å². The van der Waals surface area contributed by atoms with Crippen molar-refractivity contribution in [2.75, 3.05) is 26.7 Å². The monoisotopic (exact) mass is 335 g/mol. The van der Waals surface area contributed by atoms with Crippen LogP contribution in [-0.2, 0) is 0 Å². The maximum Gasteiger partial charge on any atom is 0.293 e. The number of benzene rings is 1. The number of carbonyl (C=O) groups is 1. The second kappa shape index (κ2) is 7.02. The highest BCUT2D eigenvalue weighted by molar-refractivity contribution is 5.90. The number of nitriles is 2. The molecule has 1 aliphatic heterocycles. The molecule has 1 aliphatic rings. The van der Waals surface area contributed by atoms with Crippen LogP contribution >= 0.6 is 0 Å². The van der Waals surface area contributed by atoms with Crippen LogP contribution in [0.5, 0.6) is 0 Å². The van der Waals surface area contributed by atoms with E-state index in [0.29, 0.717) is 24.3 Å². The fourth-order valence-corrected chi connectivity index (χ4v) is 2.92. The highest BCUT2D eigenvalue weighted by atomic mass is 16.2. The van der Waals surface area contributed by atoms with Gasteiger partial charge in [-0.15, -0.1) is 5.10 Å². The maximum atomic E-state index is 12.5. The summed E-state index contributed by atoms with van der Waals surface area (Å²) in [5, 5.41) is 22.1. The maximum absolute atomic E-state index is 12.5. The summed E-state index contributed by atoms with van der Waals surface area (Å²) in [6, 6.07) is 9.00. The quantitative estimate of drug-likeness (QED) is 0.773. The van der Waals surface area contributed by atoms with Crippen molar-refractivity contribution in [1.29, 1.82) is 10.5 Å². The van der Waals surface area contributed by atoms with E-state index in [9.17, 15) is 4.79 Å². The van der Waals surface area contributed by atoms with Crippen LogP contribution in [0.2, 0.25) is 0 Å². The zero-order valence-electron chi connectivity index (χ0n) is 13.8. The SMILES string of the molecule is CN(C[C@H]1CCN(C#N)C1)C(=O)c1ncn(-c2cccc(C#N)c2)n1. The van der Waals surface area contributed by atoms with Crippen molar-refractivity contribution in [3.63, 3.8) is 0 Å². The first kappa shape index (κ1) is 16.5. The van der Waals surface area contributed by atoms with Gasteiger partial charge in [-0.05, 0) is 30.5 Å². The normalized spacial score (nSPS) is 16.3. The topological polar surface area (TPSA) is 102 Å². The number of amides is 1. The Morgan fingerprint density at radius 1 is 1.44 bits per heavy atom. The molecule has 3 rings (SSSR count). The Balaban J connectivity index is 1.68. The minimum Gasteiger partial charge on any atom is -0.339 e. The Morgan fingerprint density at radius 2 is 2.28 bits per heavy atom. The van der Waals surface area contributed by atoms with Crippen molar-refractivity contribution >= 4 is 5.91 Å². The third kappa shape index (κ3) is 3.59. The molecule has 0 N–H and O–H groups in total. The van der Waals surface area contributed by atoms with Crippen LogP contribution in [0, 0.1) is 28.7 Å². The number of aromatic nitrogens is 3. The van der Waals surface area contributed by atoms with Crippen LogP contribution in [-0.4, -0.2) is 57.2 Å². The van der Waals surface area contributed by atoms with Crippen molar-refractivity contribution in [2.24, 2.45) is 5.92 Å². The lowest BCUT2D eigenvalue weighted by Crippen LogP contribution is -2.33. The summed E-state index contributed by atoms with van der Waals surface area (Å²) in [6.07, 6.45) is 4.50. The first-order valence-corrected chi connectivity index (χ1v) is 7.93. The summed E-state index contributed by atoms with van der Waals surface area (Å²) >= 11 is 0. The minimum absolute atomic E-state index is 0.111. The Labute approximate surface area is 145 Å². The molecule has 1 saturated heterocycles. The molecule has 1 aromatic carbocycles. The molecule has 126 valence electrons. The number of nitrogens with zero attached hydrogens (tertiary/aromatic N) is 7. The van der Waals surface area contributed by atoms with Gasteiger partial charge in [-0.3, -0.25) is 4.79 Å². The Morgan fingerprint density at radius 3 is 3.00 bits per heavy atom. The minimum atomic E-state index is -0.259. The molecule has 1 fully saturated rings. The molecule has 8 heteroatoms. The van der Waals surface area contributed by atoms with Crippen molar-refractivity contribution in [3.8, 4) is 17.9 Å². The molecular weight excluding hydrogens is 318 g/mol. The number of rotatable bonds is 4. The van der Waals surface area contributed by atoms with E-state index in [0.717, 1.165) is 13.0 Å². The van der Waals surface area contributed by atoms with E-state index in [1.54, 1.807) is 41.1 Å². The molecule has 2 aromatic rings. The first-order valence-electron chi connectivity index (χ1n) is 7.93. The summed E-state index contributed by atoms with van der Waals surface area (Å²) in [5.74, 6) is 0.133. The van der Waals surface area contributed by atoms with E-state index in [-0.39, 0.29) is 17.6 Å². The van der Waals surface area contributed by atoms with E-state index in [1.165, 1.54) is 11.0 Å². The Bertz CT molecular complexity index is 860. The first-order chi connectivity index (χ1) is 12.1. The number of hydrogen-bond donors (Lipinski definition) is 0. The van der Waals surface area contributed by atoms with E-state index in [2.05, 4.69) is 22.3 Å². The smallest absolute Gasteiger partial charge is 0.293 e. The number of carbonyl (C=O) groups excluding carboxylic acids is 1. The highest BCUT2D eigenvalue weighted by Crippen LogP contribution is 2.17. The van der Waals surface area contributed by atoms with Crippen LogP contribution in [0.15, 0.2) is 30.6 Å². The van der Waals surface area contributed by atoms with Gasteiger partial charge >= 0.3 is 0 Å². The summed E-state index contributed by atoms with van der Waals surface area (Å²) in [7, 11) is 1.72. The van der Waals surface area contributed by atoms with Crippen LogP contribution < -0.4 is 0 Å². The van der Waals surface area contributed by atoms with Gasteiger partial charge in [-0.25, -0.2) is 9.67 Å². The van der Waals surface area contributed by atoms with Crippen molar-refractivity contribution in [1.82, 2.24) is 24.6 Å². The molecule has 0 radical (unpaired) electrons. The fourth-order valence-electron chi connectivity index (χ4n) is 2.92. The van der Waals surface area contributed by atoms with Gasteiger partial charge in [0.15, 0.2) is 6.19 Å². The summed E-state index contributed by atoms with van der Waals surface area (Å²) in [5.41, 5.74) is 1.19. The molecule has 0 unspecified atom stereocenters. The van der Waals surface area contributed by atoms with Crippen LogP contribution in [0.4, 0.5) is 0 Å². The van der Waals surface area contributed by atoms with Gasteiger partial charge in [0.1, 0.15) is 6.33 Å².